The molecule has 3 rings (SSSR count). The van der Waals surface area contributed by atoms with Crippen molar-refractivity contribution in [1.29, 1.82) is 0 Å². The maximum absolute atomic E-state index is 5.85. The van der Waals surface area contributed by atoms with Gasteiger partial charge >= 0.3 is 0 Å². The van der Waals surface area contributed by atoms with Crippen LogP contribution in [0.2, 0.25) is 0 Å². The van der Waals surface area contributed by atoms with E-state index in [1.54, 1.807) is 0 Å². The summed E-state index contributed by atoms with van der Waals surface area (Å²) < 4.78 is 0. The van der Waals surface area contributed by atoms with E-state index in [9.17, 15) is 0 Å². The Morgan fingerprint density at radius 3 is 2.48 bits per heavy atom. The second-order valence-electron chi connectivity index (χ2n) is 6.18. The van der Waals surface area contributed by atoms with Gasteiger partial charge in [-0.2, -0.15) is 0 Å². The van der Waals surface area contributed by atoms with Crippen LogP contribution in [0.3, 0.4) is 0 Å². The first-order valence-corrected chi connectivity index (χ1v) is 7.82. The molecule has 0 amide bonds. The molecule has 0 spiro atoms. The highest BCUT2D eigenvalue weighted by molar-refractivity contribution is 5.39. The number of nitrogens with two attached hydrogens (primary N) is 1. The zero-order valence-corrected chi connectivity index (χ0v) is 12.9. The molecule has 1 aliphatic rings. The fourth-order valence-electron chi connectivity index (χ4n) is 3.46. The van der Waals surface area contributed by atoms with E-state index in [1.165, 1.54) is 52.6 Å². The molecule has 1 unspecified atom stereocenters. The van der Waals surface area contributed by atoms with Gasteiger partial charge < -0.3 is 0 Å². The van der Waals surface area contributed by atoms with Crippen molar-refractivity contribution in [3.05, 3.63) is 69.8 Å². The highest BCUT2D eigenvalue weighted by Crippen LogP contribution is 2.28. The molecular weight excluding hydrogens is 256 g/mol. The average Bonchev–Trinajstić information content (AvgIpc) is 2.94. The van der Waals surface area contributed by atoms with Crippen LogP contribution in [-0.4, -0.2) is 0 Å². The van der Waals surface area contributed by atoms with E-state index in [0.717, 1.165) is 6.42 Å². The molecule has 21 heavy (non-hydrogen) atoms. The third-order valence-electron chi connectivity index (χ3n) is 4.78. The van der Waals surface area contributed by atoms with Gasteiger partial charge in [-0.25, -0.2) is 0 Å². The number of hydrazine groups is 1. The lowest BCUT2D eigenvalue weighted by Crippen LogP contribution is -2.30. The number of benzene rings is 2. The number of hydrogen-bond donors (Lipinski definition) is 2. The summed E-state index contributed by atoms with van der Waals surface area (Å²) in [5.41, 5.74) is 11.4. The fourth-order valence-corrected chi connectivity index (χ4v) is 3.46. The lowest BCUT2D eigenvalue weighted by molar-refractivity contribution is 0.549. The number of nitrogens with one attached hydrogen (secondary N) is 1. The van der Waals surface area contributed by atoms with E-state index in [4.69, 9.17) is 5.84 Å². The van der Waals surface area contributed by atoms with Crippen molar-refractivity contribution in [2.45, 2.75) is 45.6 Å². The smallest absolute Gasteiger partial charge is 0.0500 e. The van der Waals surface area contributed by atoms with Gasteiger partial charge in [0.25, 0.3) is 0 Å². The van der Waals surface area contributed by atoms with Crippen molar-refractivity contribution < 1.29 is 0 Å². The Kier molecular flexibility index (Phi) is 4.09. The van der Waals surface area contributed by atoms with Crippen molar-refractivity contribution in [2.75, 3.05) is 0 Å². The van der Waals surface area contributed by atoms with Crippen LogP contribution in [0.4, 0.5) is 0 Å². The predicted octanol–water partition coefficient (Wildman–Crippen LogP) is 3.54. The Morgan fingerprint density at radius 1 is 1.05 bits per heavy atom. The van der Waals surface area contributed by atoms with E-state index in [-0.39, 0.29) is 6.04 Å². The number of fused-ring (bicyclic) bond motifs is 1. The maximum Gasteiger partial charge on any atom is 0.0500 e. The van der Waals surface area contributed by atoms with Crippen LogP contribution in [0.1, 0.15) is 45.8 Å². The molecule has 0 fully saturated rings. The lowest BCUT2D eigenvalue weighted by Gasteiger charge is -2.20. The predicted molar refractivity (Wildman–Crippen MR) is 88.2 cm³/mol. The summed E-state index contributed by atoms with van der Waals surface area (Å²) in [6, 6.07) is 13.5. The SMILES string of the molecule is Cc1cccc(C)c1CC(NN)c1ccc2c(c1)CCC2. The van der Waals surface area contributed by atoms with Gasteiger partial charge in [0.05, 0.1) is 6.04 Å². The Bertz CT molecular complexity index is 626. The minimum absolute atomic E-state index is 0.177. The molecule has 0 aliphatic heterocycles. The first-order valence-electron chi connectivity index (χ1n) is 7.82. The largest absolute Gasteiger partial charge is 0.271 e. The molecule has 1 atom stereocenters. The van der Waals surface area contributed by atoms with Crippen molar-refractivity contribution in [3.63, 3.8) is 0 Å². The Morgan fingerprint density at radius 2 is 1.76 bits per heavy atom. The Balaban J connectivity index is 1.89. The average molecular weight is 280 g/mol. The maximum atomic E-state index is 5.85. The summed E-state index contributed by atoms with van der Waals surface area (Å²) in [6.45, 7) is 4.36. The van der Waals surface area contributed by atoms with Gasteiger partial charge in [-0.05, 0) is 72.9 Å². The molecule has 0 radical (unpaired) electrons. The van der Waals surface area contributed by atoms with Gasteiger partial charge in [0.1, 0.15) is 0 Å². The van der Waals surface area contributed by atoms with Crippen LogP contribution in [-0.2, 0) is 19.3 Å². The minimum Gasteiger partial charge on any atom is -0.271 e. The van der Waals surface area contributed by atoms with Crippen LogP contribution >= 0.6 is 0 Å². The summed E-state index contributed by atoms with van der Waals surface area (Å²) in [5.74, 6) is 5.85. The van der Waals surface area contributed by atoms with E-state index in [1.807, 2.05) is 0 Å². The molecule has 0 heterocycles. The van der Waals surface area contributed by atoms with Crippen molar-refractivity contribution in [2.24, 2.45) is 5.84 Å². The van der Waals surface area contributed by atoms with E-state index >= 15 is 0 Å². The van der Waals surface area contributed by atoms with E-state index in [2.05, 4.69) is 55.7 Å². The summed E-state index contributed by atoms with van der Waals surface area (Å²) in [5, 5.41) is 0. The van der Waals surface area contributed by atoms with Crippen molar-refractivity contribution in [3.8, 4) is 0 Å². The Labute approximate surface area is 127 Å². The molecule has 110 valence electrons. The summed E-state index contributed by atoms with van der Waals surface area (Å²) in [7, 11) is 0. The third-order valence-corrected chi connectivity index (χ3v) is 4.78. The zero-order valence-electron chi connectivity index (χ0n) is 12.9. The summed E-state index contributed by atoms with van der Waals surface area (Å²) >= 11 is 0. The van der Waals surface area contributed by atoms with E-state index < -0.39 is 0 Å². The monoisotopic (exact) mass is 280 g/mol. The second kappa shape index (κ2) is 6.00. The van der Waals surface area contributed by atoms with Gasteiger partial charge in [-0.1, -0.05) is 36.4 Å². The first kappa shape index (κ1) is 14.3. The normalized spacial score (nSPS) is 15.0. The lowest BCUT2D eigenvalue weighted by atomic mass is 9.92. The molecule has 0 bridgehead atoms. The molecule has 0 saturated heterocycles. The van der Waals surface area contributed by atoms with E-state index in [0.29, 0.717) is 0 Å². The zero-order chi connectivity index (χ0) is 14.8. The molecule has 3 N–H and O–H groups in total. The van der Waals surface area contributed by atoms with Crippen molar-refractivity contribution >= 4 is 0 Å². The first-order chi connectivity index (χ1) is 10.2. The second-order valence-corrected chi connectivity index (χ2v) is 6.18. The molecule has 1 aliphatic carbocycles. The van der Waals surface area contributed by atoms with Crippen LogP contribution in [0.5, 0.6) is 0 Å². The Hall–Kier alpha value is -1.64. The molecule has 2 aromatic rings. The highest BCUT2D eigenvalue weighted by atomic mass is 15.2. The molecular formula is C19H24N2. The van der Waals surface area contributed by atoms with Crippen LogP contribution in [0.25, 0.3) is 0 Å². The molecule has 0 saturated carbocycles. The third kappa shape index (κ3) is 2.87. The number of hydrogen-bond acceptors (Lipinski definition) is 2. The molecule has 0 aromatic heterocycles. The standard InChI is InChI=1S/C19H24N2/c1-13-5-3-6-14(2)18(13)12-19(21-20)17-10-9-15-7-4-8-16(15)11-17/h3,5-6,9-11,19,21H,4,7-8,12,20H2,1-2H3. The van der Waals surface area contributed by atoms with Crippen LogP contribution in [0, 0.1) is 13.8 Å². The van der Waals surface area contributed by atoms with Crippen molar-refractivity contribution in [1.82, 2.24) is 5.43 Å². The summed E-state index contributed by atoms with van der Waals surface area (Å²) in [4.78, 5) is 0. The van der Waals surface area contributed by atoms with Gasteiger partial charge in [-0.15, -0.1) is 0 Å². The quantitative estimate of drug-likeness (QED) is 0.664. The summed E-state index contributed by atoms with van der Waals surface area (Å²) in [6.07, 6.45) is 4.67. The highest BCUT2D eigenvalue weighted by Gasteiger charge is 2.17. The van der Waals surface area contributed by atoms with Crippen LogP contribution < -0.4 is 11.3 Å². The molecule has 2 heteroatoms. The topological polar surface area (TPSA) is 38.0 Å². The number of aryl methyl sites for hydroxylation is 4. The van der Waals surface area contributed by atoms with Gasteiger partial charge in [0, 0.05) is 0 Å². The fraction of sp³-hybridized carbons (Fsp3) is 0.368. The van der Waals surface area contributed by atoms with Crippen LogP contribution in [0.15, 0.2) is 36.4 Å². The van der Waals surface area contributed by atoms with Gasteiger partial charge in [-0.3, -0.25) is 11.3 Å². The minimum atomic E-state index is 0.177. The number of rotatable bonds is 4. The van der Waals surface area contributed by atoms with Gasteiger partial charge in [0.2, 0.25) is 0 Å². The molecule has 2 aromatic carbocycles. The van der Waals surface area contributed by atoms with Gasteiger partial charge in [0.15, 0.2) is 0 Å². The molecule has 2 nitrogen and oxygen atoms in total.